The summed E-state index contributed by atoms with van der Waals surface area (Å²) in [7, 11) is 2.12. The van der Waals surface area contributed by atoms with Gasteiger partial charge in [0.1, 0.15) is 5.75 Å². The predicted octanol–water partition coefficient (Wildman–Crippen LogP) is 4.29. The lowest BCUT2D eigenvalue weighted by molar-refractivity contribution is 0.474. The van der Waals surface area contributed by atoms with Gasteiger partial charge in [-0.3, -0.25) is 0 Å². The molecule has 2 heteroatoms. The zero-order valence-corrected chi connectivity index (χ0v) is 11.8. The van der Waals surface area contributed by atoms with Gasteiger partial charge in [0.15, 0.2) is 0 Å². The van der Waals surface area contributed by atoms with Crippen molar-refractivity contribution in [2.45, 2.75) is 26.3 Å². The first kappa shape index (κ1) is 13.5. The summed E-state index contributed by atoms with van der Waals surface area (Å²) in [6, 6.07) is 16.4. The molecular weight excluding hydrogens is 234 g/mol. The quantitative estimate of drug-likeness (QED) is 0.881. The monoisotopic (exact) mass is 255 g/mol. The molecule has 1 atom stereocenters. The molecule has 19 heavy (non-hydrogen) atoms. The maximum atomic E-state index is 9.38. The lowest BCUT2D eigenvalue weighted by atomic mass is 10.0. The lowest BCUT2D eigenvalue weighted by Crippen LogP contribution is -2.23. The summed E-state index contributed by atoms with van der Waals surface area (Å²) in [6.45, 7) is 4.28. The van der Waals surface area contributed by atoms with E-state index in [9.17, 15) is 5.11 Å². The van der Waals surface area contributed by atoms with E-state index in [1.165, 1.54) is 16.8 Å². The Balaban J connectivity index is 2.26. The van der Waals surface area contributed by atoms with Crippen LogP contribution in [0.15, 0.2) is 48.5 Å². The summed E-state index contributed by atoms with van der Waals surface area (Å²) in [5.41, 5.74) is 3.71. The van der Waals surface area contributed by atoms with Crippen LogP contribution < -0.4 is 4.90 Å². The average Bonchev–Trinajstić information content (AvgIpc) is 2.42. The molecule has 1 unspecified atom stereocenters. The van der Waals surface area contributed by atoms with Gasteiger partial charge in [-0.25, -0.2) is 0 Å². The highest BCUT2D eigenvalue weighted by atomic mass is 16.3. The third-order valence-electron chi connectivity index (χ3n) is 3.57. The smallest absolute Gasteiger partial charge is 0.115 e. The van der Waals surface area contributed by atoms with Crippen LogP contribution in [0.5, 0.6) is 5.75 Å². The van der Waals surface area contributed by atoms with Gasteiger partial charge in [0.05, 0.1) is 6.04 Å². The molecule has 0 bridgehead atoms. The van der Waals surface area contributed by atoms with Crippen LogP contribution in [0, 0.1) is 6.92 Å². The second-order valence-electron chi connectivity index (χ2n) is 4.96. The van der Waals surface area contributed by atoms with Crippen molar-refractivity contribution in [2.75, 3.05) is 11.9 Å². The van der Waals surface area contributed by atoms with E-state index >= 15 is 0 Å². The molecule has 100 valence electrons. The number of rotatable bonds is 4. The SMILES string of the molecule is CCC(c1ccc(O)cc1)N(C)c1ccc(C)cc1. The van der Waals surface area contributed by atoms with Crippen LogP contribution >= 0.6 is 0 Å². The third-order valence-corrected chi connectivity index (χ3v) is 3.57. The Morgan fingerprint density at radius 1 is 1.00 bits per heavy atom. The molecule has 0 amide bonds. The van der Waals surface area contributed by atoms with E-state index in [4.69, 9.17) is 0 Å². The molecule has 0 heterocycles. The fraction of sp³-hybridized carbons (Fsp3) is 0.294. The van der Waals surface area contributed by atoms with E-state index in [-0.39, 0.29) is 0 Å². The number of hydrogen-bond donors (Lipinski definition) is 1. The number of phenols is 1. The van der Waals surface area contributed by atoms with Crippen LogP contribution in [0.3, 0.4) is 0 Å². The average molecular weight is 255 g/mol. The fourth-order valence-electron chi connectivity index (χ4n) is 2.39. The Morgan fingerprint density at radius 3 is 2.11 bits per heavy atom. The number of aromatic hydroxyl groups is 1. The number of benzene rings is 2. The van der Waals surface area contributed by atoms with Crippen molar-refractivity contribution >= 4 is 5.69 Å². The van der Waals surface area contributed by atoms with Crippen molar-refractivity contribution in [1.29, 1.82) is 0 Å². The predicted molar refractivity (Wildman–Crippen MR) is 80.7 cm³/mol. The number of hydrogen-bond acceptors (Lipinski definition) is 2. The molecule has 0 radical (unpaired) electrons. The number of nitrogens with zero attached hydrogens (tertiary/aromatic N) is 1. The highest BCUT2D eigenvalue weighted by molar-refractivity contribution is 5.49. The maximum Gasteiger partial charge on any atom is 0.115 e. The van der Waals surface area contributed by atoms with Crippen molar-refractivity contribution in [3.63, 3.8) is 0 Å². The lowest BCUT2D eigenvalue weighted by Gasteiger charge is -2.30. The van der Waals surface area contributed by atoms with Gasteiger partial charge in [-0.1, -0.05) is 36.8 Å². The minimum Gasteiger partial charge on any atom is -0.508 e. The molecule has 0 aliphatic rings. The normalized spacial score (nSPS) is 12.2. The van der Waals surface area contributed by atoms with Crippen molar-refractivity contribution in [3.05, 3.63) is 59.7 Å². The minimum atomic E-state index is 0.316. The van der Waals surface area contributed by atoms with Crippen LogP contribution in [0.25, 0.3) is 0 Å². The van der Waals surface area contributed by atoms with E-state index in [0.717, 1.165) is 6.42 Å². The topological polar surface area (TPSA) is 23.5 Å². The zero-order chi connectivity index (χ0) is 13.8. The summed E-state index contributed by atoms with van der Waals surface area (Å²) >= 11 is 0. The standard InChI is InChI=1S/C17H21NO/c1-4-17(14-7-11-16(19)12-8-14)18(3)15-9-5-13(2)6-10-15/h5-12,17,19H,4H2,1-3H3. The van der Waals surface area contributed by atoms with Crippen molar-refractivity contribution in [2.24, 2.45) is 0 Å². The van der Waals surface area contributed by atoms with Crippen LogP contribution in [-0.4, -0.2) is 12.2 Å². The Hall–Kier alpha value is -1.96. The molecule has 0 aromatic heterocycles. The van der Waals surface area contributed by atoms with E-state index in [1.807, 2.05) is 12.1 Å². The summed E-state index contributed by atoms with van der Waals surface area (Å²) in [4.78, 5) is 2.28. The van der Waals surface area contributed by atoms with Crippen LogP contribution in [0.2, 0.25) is 0 Å². The summed E-state index contributed by atoms with van der Waals surface area (Å²) in [6.07, 6.45) is 1.02. The van der Waals surface area contributed by atoms with E-state index in [2.05, 4.69) is 50.1 Å². The largest absolute Gasteiger partial charge is 0.508 e. The highest BCUT2D eigenvalue weighted by Crippen LogP contribution is 2.29. The van der Waals surface area contributed by atoms with Gasteiger partial charge in [0.2, 0.25) is 0 Å². The molecule has 2 rings (SSSR count). The minimum absolute atomic E-state index is 0.316. The van der Waals surface area contributed by atoms with Crippen LogP contribution in [-0.2, 0) is 0 Å². The second-order valence-corrected chi connectivity index (χ2v) is 4.96. The molecular formula is C17H21NO. The highest BCUT2D eigenvalue weighted by Gasteiger charge is 2.15. The molecule has 0 spiro atoms. The van der Waals surface area contributed by atoms with Crippen LogP contribution in [0.1, 0.15) is 30.5 Å². The molecule has 2 nitrogen and oxygen atoms in total. The van der Waals surface area contributed by atoms with Crippen LogP contribution in [0.4, 0.5) is 5.69 Å². The molecule has 0 aliphatic carbocycles. The Bertz CT molecular complexity index is 516. The Morgan fingerprint density at radius 2 is 1.58 bits per heavy atom. The first-order valence-corrected chi connectivity index (χ1v) is 6.70. The van der Waals surface area contributed by atoms with Crippen molar-refractivity contribution in [3.8, 4) is 5.75 Å². The molecule has 0 saturated heterocycles. The summed E-state index contributed by atoms with van der Waals surface area (Å²) in [5, 5.41) is 9.38. The Kier molecular flexibility index (Phi) is 4.10. The number of anilines is 1. The van der Waals surface area contributed by atoms with Gasteiger partial charge >= 0.3 is 0 Å². The molecule has 0 fully saturated rings. The molecule has 1 N–H and O–H groups in total. The van der Waals surface area contributed by atoms with Gasteiger partial charge in [-0.2, -0.15) is 0 Å². The van der Waals surface area contributed by atoms with Gasteiger partial charge in [0, 0.05) is 12.7 Å². The molecule has 0 aliphatic heterocycles. The molecule has 0 saturated carbocycles. The third kappa shape index (κ3) is 3.08. The molecule has 2 aromatic carbocycles. The fourth-order valence-corrected chi connectivity index (χ4v) is 2.39. The van der Waals surface area contributed by atoms with Crippen molar-refractivity contribution < 1.29 is 5.11 Å². The van der Waals surface area contributed by atoms with Crippen molar-refractivity contribution in [1.82, 2.24) is 0 Å². The van der Waals surface area contributed by atoms with E-state index in [1.54, 1.807) is 12.1 Å². The summed E-state index contributed by atoms with van der Waals surface area (Å²) < 4.78 is 0. The number of phenolic OH excluding ortho intramolecular Hbond substituents is 1. The Labute approximate surface area is 115 Å². The van der Waals surface area contributed by atoms with E-state index in [0.29, 0.717) is 11.8 Å². The molecule has 2 aromatic rings. The van der Waals surface area contributed by atoms with E-state index < -0.39 is 0 Å². The maximum absolute atomic E-state index is 9.38. The van der Waals surface area contributed by atoms with Gasteiger partial charge < -0.3 is 10.0 Å². The van der Waals surface area contributed by atoms with Gasteiger partial charge in [0.25, 0.3) is 0 Å². The second kappa shape index (κ2) is 5.79. The van der Waals surface area contributed by atoms with Gasteiger partial charge in [-0.05, 0) is 43.2 Å². The first-order chi connectivity index (χ1) is 9.11. The number of aryl methyl sites for hydroxylation is 1. The van der Waals surface area contributed by atoms with Gasteiger partial charge in [-0.15, -0.1) is 0 Å². The summed E-state index contributed by atoms with van der Waals surface area (Å²) in [5.74, 6) is 0.316. The zero-order valence-electron chi connectivity index (χ0n) is 11.8. The first-order valence-electron chi connectivity index (χ1n) is 6.70.